The molecule has 1 aromatic rings. The number of halogens is 1. The maximum absolute atomic E-state index is 11.2. The SMILES string of the molecule is C=C(C(=O)OC)C(Br)c1ccccc1. The van der Waals surface area contributed by atoms with Crippen molar-refractivity contribution in [3.63, 3.8) is 0 Å². The van der Waals surface area contributed by atoms with Gasteiger partial charge >= 0.3 is 5.97 Å². The maximum atomic E-state index is 11.2. The molecule has 14 heavy (non-hydrogen) atoms. The molecule has 0 aliphatic rings. The van der Waals surface area contributed by atoms with E-state index in [9.17, 15) is 4.79 Å². The summed E-state index contributed by atoms with van der Waals surface area (Å²) in [7, 11) is 1.35. The van der Waals surface area contributed by atoms with Crippen molar-refractivity contribution in [2.24, 2.45) is 0 Å². The lowest BCUT2D eigenvalue weighted by molar-refractivity contribution is -0.136. The summed E-state index contributed by atoms with van der Waals surface area (Å²) in [5.41, 5.74) is 1.39. The Labute approximate surface area is 91.7 Å². The monoisotopic (exact) mass is 254 g/mol. The van der Waals surface area contributed by atoms with Gasteiger partial charge in [-0.2, -0.15) is 0 Å². The number of methoxy groups -OCH3 is 1. The van der Waals surface area contributed by atoms with Crippen LogP contribution in [0.5, 0.6) is 0 Å². The normalized spacial score (nSPS) is 11.9. The highest BCUT2D eigenvalue weighted by molar-refractivity contribution is 9.09. The molecule has 0 aliphatic carbocycles. The Morgan fingerprint density at radius 1 is 1.43 bits per heavy atom. The number of hydrogen-bond acceptors (Lipinski definition) is 2. The number of ether oxygens (including phenoxy) is 1. The second kappa shape index (κ2) is 4.96. The van der Waals surface area contributed by atoms with E-state index in [1.807, 2.05) is 30.3 Å². The number of benzene rings is 1. The van der Waals surface area contributed by atoms with Crippen molar-refractivity contribution in [3.05, 3.63) is 48.0 Å². The van der Waals surface area contributed by atoms with Gasteiger partial charge in [0.2, 0.25) is 0 Å². The molecular weight excluding hydrogens is 244 g/mol. The molecule has 74 valence electrons. The molecule has 1 rings (SSSR count). The number of alkyl halides is 1. The van der Waals surface area contributed by atoms with Crippen LogP contribution in [0.15, 0.2) is 42.5 Å². The van der Waals surface area contributed by atoms with Crippen molar-refractivity contribution in [2.45, 2.75) is 4.83 Å². The van der Waals surface area contributed by atoms with Gasteiger partial charge in [-0.3, -0.25) is 0 Å². The molecule has 0 bridgehead atoms. The number of rotatable bonds is 3. The van der Waals surface area contributed by atoms with Crippen molar-refractivity contribution in [3.8, 4) is 0 Å². The summed E-state index contributed by atoms with van der Waals surface area (Å²) in [4.78, 5) is 11.0. The molecule has 0 saturated carbocycles. The lowest BCUT2D eigenvalue weighted by Gasteiger charge is -2.10. The molecular formula is C11H11BrO2. The van der Waals surface area contributed by atoms with Crippen LogP contribution in [0.2, 0.25) is 0 Å². The molecule has 0 saturated heterocycles. The average Bonchev–Trinajstić information content (AvgIpc) is 2.27. The fourth-order valence-electron chi connectivity index (χ4n) is 1.06. The van der Waals surface area contributed by atoms with Crippen LogP contribution in [0, 0.1) is 0 Å². The molecule has 1 atom stereocenters. The Morgan fingerprint density at radius 3 is 2.50 bits per heavy atom. The third-order valence-corrected chi connectivity index (χ3v) is 2.93. The third kappa shape index (κ3) is 2.45. The van der Waals surface area contributed by atoms with Crippen molar-refractivity contribution >= 4 is 21.9 Å². The molecule has 0 aliphatic heterocycles. The first-order valence-electron chi connectivity index (χ1n) is 4.13. The molecule has 1 aromatic carbocycles. The highest BCUT2D eigenvalue weighted by atomic mass is 79.9. The van der Waals surface area contributed by atoms with Gasteiger partial charge in [-0.25, -0.2) is 4.79 Å². The van der Waals surface area contributed by atoms with Crippen LogP contribution >= 0.6 is 15.9 Å². The van der Waals surface area contributed by atoms with E-state index >= 15 is 0 Å². The van der Waals surface area contributed by atoms with Crippen molar-refractivity contribution in [1.29, 1.82) is 0 Å². The molecule has 2 nitrogen and oxygen atoms in total. The first-order valence-corrected chi connectivity index (χ1v) is 5.04. The summed E-state index contributed by atoms with van der Waals surface area (Å²) in [6.07, 6.45) is 0. The van der Waals surface area contributed by atoms with E-state index in [4.69, 9.17) is 0 Å². The standard InChI is InChI=1S/C11H11BrO2/c1-8(11(13)14-2)10(12)9-6-4-3-5-7-9/h3-7,10H,1H2,2H3. The zero-order valence-electron chi connectivity index (χ0n) is 7.87. The smallest absolute Gasteiger partial charge is 0.334 e. The Kier molecular flexibility index (Phi) is 3.89. The van der Waals surface area contributed by atoms with E-state index in [0.29, 0.717) is 5.57 Å². The predicted octanol–water partition coefficient (Wildman–Crippen LogP) is 2.85. The van der Waals surface area contributed by atoms with Gasteiger partial charge in [0.1, 0.15) is 0 Å². The highest BCUT2D eigenvalue weighted by Crippen LogP contribution is 2.29. The van der Waals surface area contributed by atoms with Gasteiger partial charge in [0, 0.05) is 5.57 Å². The molecule has 0 radical (unpaired) electrons. The van der Waals surface area contributed by atoms with Crippen LogP contribution in [0.3, 0.4) is 0 Å². The zero-order valence-corrected chi connectivity index (χ0v) is 9.45. The molecule has 1 unspecified atom stereocenters. The Balaban J connectivity index is 2.81. The van der Waals surface area contributed by atoms with E-state index in [1.165, 1.54) is 7.11 Å². The molecule has 0 N–H and O–H groups in total. The largest absolute Gasteiger partial charge is 0.466 e. The minimum Gasteiger partial charge on any atom is -0.466 e. The lowest BCUT2D eigenvalue weighted by atomic mass is 10.1. The fourth-order valence-corrected chi connectivity index (χ4v) is 1.55. The predicted molar refractivity (Wildman–Crippen MR) is 59.3 cm³/mol. The number of esters is 1. The fraction of sp³-hybridized carbons (Fsp3) is 0.182. The van der Waals surface area contributed by atoms with E-state index < -0.39 is 5.97 Å². The minimum absolute atomic E-state index is 0.184. The molecule has 0 amide bonds. The number of carbonyl (C=O) groups is 1. The molecule has 0 heterocycles. The van der Waals surface area contributed by atoms with E-state index in [2.05, 4.69) is 27.2 Å². The number of carbonyl (C=O) groups excluding carboxylic acids is 1. The summed E-state index contributed by atoms with van der Waals surface area (Å²) >= 11 is 3.39. The van der Waals surface area contributed by atoms with Gasteiger partial charge in [0.15, 0.2) is 0 Å². The van der Waals surface area contributed by atoms with Gasteiger partial charge in [-0.15, -0.1) is 0 Å². The minimum atomic E-state index is -0.393. The highest BCUT2D eigenvalue weighted by Gasteiger charge is 2.17. The van der Waals surface area contributed by atoms with Crippen LogP contribution in [0.4, 0.5) is 0 Å². The van der Waals surface area contributed by atoms with E-state index in [1.54, 1.807) is 0 Å². The van der Waals surface area contributed by atoms with Crippen LogP contribution in [0.25, 0.3) is 0 Å². The van der Waals surface area contributed by atoms with Crippen molar-refractivity contribution in [1.82, 2.24) is 0 Å². The summed E-state index contributed by atoms with van der Waals surface area (Å²) in [6, 6.07) is 9.59. The quantitative estimate of drug-likeness (QED) is 0.471. The number of hydrogen-bond donors (Lipinski definition) is 0. The van der Waals surface area contributed by atoms with Crippen LogP contribution < -0.4 is 0 Å². The van der Waals surface area contributed by atoms with Gasteiger partial charge < -0.3 is 4.74 Å². The van der Waals surface area contributed by atoms with Gasteiger partial charge in [0.05, 0.1) is 11.9 Å². The van der Waals surface area contributed by atoms with Crippen LogP contribution in [0.1, 0.15) is 10.4 Å². The Morgan fingerprint density at radius 2 is 2.00 bits per heavy atom. The summed E-state index contributed by atoms with van der Waals surface area (Å²) < 4.78 is 4.59. The zero-order chi connectivity index (χ0) is 10.6. The first kappa shape index (κ1) is 11.0. The third-order valence-electron chi connectivity index (χ3n) is 1.85. The molecule has 0 fully saturated rings. The van der Waals surface area contributed by atoms with Crippen molar-refractivity contribution in [2.75, 3.05) is 7.11 Å². The van der Waals surface area contributed by atoms with Gasteiger partial charge in [0.25, 0.3) is 0 Å². The topological polar surface area (TPSA) is 26.3 Å². The van der Waals surface area contributed by atoms with E-state index in [0.717, 1.165) is 5.56 Å². The van der Waals surface area contributed by atoms with Gasteiger partial charge in [-0.1, -0.05) is 52.8 Å². The summed E-state index contributed by atoms with van der Waals surface area (Å²) in [6.45, 7) is 3.68. The maximum Gasteiger partial charge on any atom is 0.334 e. The summed E-state index contributed by atoms with van der Waals surface area (Å²) in [5.74, 6) is -0.393. The molecule has 0 aromatic heterocycles. The second-order valence-electron chi connectivity index (χ2n) is 2.79. The Bertz CT molecular complexity index is 332. The van der Waals surface area contributed by atoms with Gasteiger partial charge in [-0.05, 0) is 5.56 Å². The van der Waals surface area contributed by atoms with Crippen LogP contribution in [-0.4, -0.2) is 13.1 Å². The first-order chi connectivity index (χ1) is 6.66. The second-order valence-corrected chi connectivity index (χ2v) is 3.71. The molecule has 3 heteroatoms. The lowest BCUT2D eigenvalue weighted by Crippen LogP contribution is -2.08. The summed E-state index contributed by atoms with van der Waals surface area (Å²) in [5, 5.41) is 0. The van der Waals surface area contributed by atoms with Crippen molar-refractivity contribution < 1.29 is 9.53 Å². The Hall–Kier alpha value is -1.09. The average molecular weight is 255 g/mol. The van der Waals surface area contributed by atoms with Crippen LogP contribution in [-0.2, 0) is 9.53 Å². The molecule has 0 spiro atoms. The van der Waals surface area contributed by atoms with E-state index in [-0.39, 0.29) is 4.83 Å².